The maximum Gasteiger partial charge on any atom is 0.0670 e. The Morgan fingerprint density at radius 1 is 0.895 bits per heavy atom. The molecular weight excluding hydrogens is 232 g/mol. The van der Waals surface area contributed by atoms with E-state index in [1.165, 1.54) is 23.2 Å². The predicted octanol–water partition coefficient (Wildman–Crippen LogP) is 2.76. The Labute approximate surface area is 114 Å². The Hall–Kier alpha value is -1.80. The topological polar surface area (TPSA) is 15.3 Å². The SMILES string of the molecule is c1ccc(C2CNCC3Cc4ccccc4N32)cc1. The van der Waals surface area contributed by atoms with Crippen LogP contribution in [0.4, 0.5) is 5.69 Å². The minimum Gasteiger partial charge on any atom is -0.358 e. The van der Waals surface area contributed by atoms with Crippen molar-refractivity contribution in [3.63, 3.8) is 0 Å². The van der Waals surface area contributed by atoms with Crippen molar-refractivity contribution in [2.24, 2.45) is 0 Å². The molecule has 0 radical (unpaired) electrons. The molecule has 0 aliphatic carbocycles. The molecule has 19 heavy (non-hydrogen) atoms. The van der Waals surface area contributed by atoms with Gasteiger partial charge in [-0.1, -0.05) is 48.5 Å². The van der Waals surface area contributed by atoms with Gasteiger partial charge in [0, 0.05) is 24.8 Å². The number of benzene rings is 2. The molecule has 2 heteroatoms. The predicted molar refractivity (Wildman–Crippen MR) is 78.5 cm³/mol. The molecule has 2 atom stereocenters. The van der Waals surface area contributed by atoms with Crippen LogP contribution in [0.15, 0.2) is 54.6 Å². The van der Waals surface area contributed by atoms with Crippen molar-refractivity contribution in [1.82, 2.24) is 5.32 Å². The molecule has 2 aromatic carbocycles. The summed E-state index contributed by atoms with van der Waals surface area (Å²) >= 11 is 0. The number of para-hydroxylation sites is 1. The number of hydrogen-bond donors (Lipinski definition) is 1. The number of hydrogen-bond acceptors (Lipinski definition) is 2. The van der Waals surface area contributed by atoms with E-state index in [0.717, 1.165) is 13.1 Å². The van der Waals surface area contributed by atoms with Crippen LogP contribution in [0.2, 0.25) is 0 Å². The lowest BCUT2D eigenvalue weighted by atomic mass is 10.0. The zero-order valence-electron chi connectivity index (χ0n) is 10.9. The van der Waals surface area contributed by atoms with Crippen molar-refractivity contribution < 1.29 is 0 Å². The number of nitrogens with one attached hydrogen (secondary N) is 1. The van der Waals surface area contributed by atoms with Gasteiger partial charge in [-0.05, 0) is 23.6 Å². The molecule has 2 nitrogen and oxygen atoms in total. The van der Waals surface area contributed by atoms with E-state index in [9.17, 15) is 0 Å². The zero-order chi connectivity index (χ0) is 12.7. The highest BCUT2D eigenvalue weighted by molar-refractivity contribution is 5.61. The van der Waals surface area contributed by atoms with Gasteiger partial charge in [0.25, 0.3) is 0 Å². The van der Waals surface area contributed by atoms with Crippen LogP contribution >= 0.6 is 0 Å². The second-order valence-corrected chi connectivity index (χ2v) is 5.48. The van der Waals surface area contributed by atoms with Crippen LogP contribution in [0, 0.1) is 0 Å². The summed E-state index contributed by atoms with van der Waals surface area (Å²) in [5.74, 6) is 0. The lowest BCUT2D eigenvalue weighted by molar-refractivity contribution is 0.420. The molecule has 2 aromatic rings. The maximum atomic E-state index is 3.60. The van der Waals surface area contributed by atoms with Gasteiger partial charge in [-0.3, -0.25) is 0 Å². The first-order valence-corrected chi connectivity index (χ1v) is 7.05. The van der Waals surface area contributed by atoms with E-state index >= 15 is 0 Å². The van der Waals surface area contributed by atoms with Gasteiger partial charge in [0.05, 0.1) is 6.04 Å². The van der Waals surface area contributed by atoms with Crippen LogP contribution in [0.1, 0.15) is 17.2 Å². The molecule has 2 heterocycles. The van der Waals surface area contributed by atoms with Crippen molar-refractivity contribution in [2.75, 3.05) is 18.0 Å². The summed E-state index contributed by atoms with van der Waals surface area (Å²) < 4.78 is 0. The van der Waals surface area contributed by atoms with Crippen LogP contribution in [-0.2, 0) is 6.42 Å². The van der Waals surface area contributed by atoms with Gasteiger partial charge in [-0.2, -0.15) is 0 Å². The van der Waals surface area contributed by atoms with Crippen LogP contribution in [0.3, 0.4) is 0 Å². The summed E-state index contributed by atoms with van der Waals surface area (Å²) in [6.07, 6.45) is 1.17. The molecular formula is C17H18N2. The molecule has 4 rings (SSSR count). The quantitative estimate of drug-likeness (QED) is 0.837. The van der Waals surface area contributed by atoms with E-state index in [2.05, 4.69) is 64.8 Å². The van der Waals surface area contributed by atoms with Crippen molar-refractivity contribution in [2.45, 2.75) is 18.5 Å². The van der Waals surface area contributed by atoms with Gasteiger partial charge in [0.15, 0.2) is 0 Å². The highest BCUT2D eigenvalue weighted by Gasteiger charge is 2.37. The van der Waals surface area contributed by atoms with Gasteiger partial charge in [-0.15, -0.1) is 0 Å². The van der Waals surface area contributed by atoms with E-state index in [1.54, 1.807) is 0 Å². The fourth-order valence-corrected chi connectivity index (χ4v) is 3.52. The average Bonchev–Trinajstić information content (AvgIpc) is 2.86. The third-order valence-corrected chi connectivity index (χ3v) is 4.36. The molecule has 1 saturated heterocycles. The van der Waals surface area contributed by atoms with Crippen LogP contribution < -0.4 is 10.2 Å². The van der Waals surface area contributed by atoms with Gasteiger partial charge in [-0.25, -0.2) is 0 Å². The van der Waals surface area contributed by atoms with Gasteiger partial charge >= 0.3 is 0 Å². The molecule has 1 fully saturated rings. The largest absolute Gasteiger partial charge is 0.358 e. The summed E-state index contributed by atoms with van der Waals surface area (Å²) in [4.78, 5) is 2.63. The normalized spacial score (nSPS) is 24.9. The molecule has 96 valence electrons. The zero-order valence-corrected chi connectivity index (χ0v) is 10.9. The summed E-state index contributed by atoms with van der Waals surface area (Å²) in [6, 6.07) is 20.8. The molecule has 0 amide bonds. The minimum atomic E-state index is 0.462. The molecule has 2 unspecified atom stereocenters. The third-order valence-electron chi connectivity index (χ3n) is 4.36. The Morgan fingerprint density at radius 2 is 1.68 bits per heavy atom. The molecule has 0 aromatic heterocycles. The highest BCUT2D eigenvalue weighted by atomic mass is 15.3. The molecule has 0 saturated carbocycles. The van der Waals surface area contributed by atoms with Crippen LogP contribution in [0.5, 0.6) is 0 Å². The van der Waals surface area contributed by atoms with Crippen molar-refractivity contribution in [3.05, 3.63) is 65.7 Å². The first kappa shape index (κ1) is 11.1. The first-order valence-electron chi connectivity index (χ1n) is 7.05. The van der Waals surface area contributed by atoms with E-state index < -0.39 is 0 Å². The Balaban J connectivity index is 1.77. The van der Waals surface area contributed by atoms with Crippen molar-refractivity contribution in [1.29, 1.82) is 0 Å². The fourth-order valence-electron chi connectivity index (χ4n) is 3.52. The summed E-state index contributed by atoms with van der Waals surface area (Å²) in [5, 5.41) is 3.60. The van der Waals surface area contributed by atoms with Gasteiger partial charge in [0.2, 0.25) is 0 Å². The summed E-state index contributed by atoms with van der Waals surface area (Å²) in [6.45, 7) is 2.13. The molecule has 2 aliphatic rings. The third kappa shape index (κ3) is 1.75. The minimum absolute atomic E-state index is 0.462. The lowest BCUT2D eigenvalue weighted by Crippen LogP contribution is -2.51. The number of anilines is 1. The molecule has 0 spiro atoms. The monoisotopic (exact) mass is 250 g/mol. The Bertz CT molecular complexity index is 579. The van der Waals surface area contributed by atoms with Crippen LogP contribution in [-0.4, -0.2) is 19.1 Å². The van der Waals surface area contributed by atoms with E-state index in [0.29, 0.717) is 12.1 Å². The summed E-state index contributed by atoms with van der Waals surface area (Å²) in [5.41, 5.74) is 4.34. The molecule has 2 aliphatic heterocycles. The maximum absolute atomic E-state index is 3.60. The average molecular weight is 250 g/mol. The smallest absolute Gasteiger partial charge is 0.0670 e. The number of piperazine rings is 1. The van der Waals surface area contributed by atoms with E-state index in [4.69, 9.17) is 0 Å². The van der Waals surface area contributed by atoms with Gasteiger partial charge in [0.1, 0.15) is 0 Å². The van der Waals surface area contributed by atoms with Crippen molar-refractivity contribution >= 4 is 5.69 Å². The first-order chi connectivity index (χ1) is 9.43. The van der Waals surface area contributed by atoms with E-state index in [-0.39, 0.29) is 0 Å². The molecule has 1 N–H and O–H groups in total. The Kier molecular flexibility index (Phi) is 2.56. The second-order valence-electron chi connectivity index (χ2n) is 5.48. The number of nitrogens with zero attached hydrogens (tertiary/aromatic N) is 1. The Morgan fingerprint density at radius 3 is 2.58 bits per heavy atom. The lowest BCUT2D eigenvalue weighted by Gasteiger charge is -2.40. The fraction of sp³-hybridized carbons (Fsp3) is 0.294. The second kappa shape index (κ2) is 4.39. The number of rotatable bonds is 1. The van der Waals surface area contributed by atoms with Crippen molar-refractivity contribution in [3.8, 4) is 0 Å². The summed E-state index contributed by atoms with van der Waals surface area (Å²) in [7, 11) is 0. The number of fused-ring (bicyclic) bond motifs is 3. The molecule has 0 bridgehead atoms. The van der Waals surface area contributed by atoms with E-state index in [1.807, 2.05) is 0 Å². The van der Waals surface area contributed by atoms with Gasteiger partial charge < -0.3 is 10.2 Å². The van der Waals surface area contributed by atoms with Crippen LogP contribution in [0.25, 0.3) is 0 Å². The standard InChI is InChI=1S/C17H18N2/c1-2-6-13(7-3-1)17-12-18-11-15-10-14-8-4-5-9-16(14)19(15)17/h1-9,15,17-18H,10-12H2. The highest BCUT2D eigenvalue weighted by Crippen LogP contribution is 2.39.